The van der Waals surface area contributed by atoms with Gasteiger partial charge in [0.1, 0.15) is 11.4 Å². The molecule has 1 amide bonds. The standard InChI is InChI=1S/C18H19N3O2S/c1-21-15-7-6-14(23-2)11-13(15)12-16(21)18(22)20-9-10-24-17-5-3-4-8-19-17/h3-8,11-12H,9-10H2,1-2H3,(H,20,22). The smallest absolute Gasteiger partial charge is 0.267 e. The Morgan fingerprint density at radius 2 is 2.17 bits per heavy atom. The van der Waals surface area contributed by atoms with Crippen LogP contribution in [0.1, 0.15) is 10.5 Å². The van der Waals surface area contributed by atoms with E-state index in [-0.39, 0.29) is 5.91 Å². The van der Waals surface area contributed by atoms with Crippen LogP contribution >= 0.6 is 11.8 Å². The van der Waals surface area contributed by atoms with E-state index in [1.807, 2.05) is 54.1 Å². The molecule has 24 heavy (non-hydrogen) atoms. The largest absolute Gasteiger partial charge is 0.497 e. The summed E-state index contributed by atoms with van der Waals surface area (Å²) in [6.07, 6.45) is 1.77. The van der Waals surface area contributed by atoms with Gasteiger partial charge >= 0.3 is 0 Å². The zero-order valence-electron chi connectivity index (χ0n) is 13.7. The average molecular weight is 341 g/mol. The SMILES string of the molecule is COc1ccc2c(c1)cc(C(=O)NCCSc1ccccn1)n2C. The summed E-state index contributed by atoms with van der Waals surface area (Å²) in [7, 11) is 3.53. The van der Waals surface area contributed by atoms with Crippen molar-refractivity contribution in [1.82, 2.24) is 14.9 Å². The maximum atomic E-state index is 12.4. The van der Waals surface area contributed by atoms with Gasteiger partial charge < -0.3 is 14.6 Å². The second-order valence-corrected chi connectivity index (χ2v) is 6.40. The molecule has 3 rings (SSSR count). The van der Waals surface area contributed by atoms with E-state index in [9.17, 15) is 4.79 Å². The topological polar surface area (TPSA) is 56.1 Å². The van der Waals surface area contributed by atoms with Crippen molar-refractivity contribution < 1.29 is 9.53 Å². The Hall–Kier alpha value is -2.47. The Bertz CT molecular complexity index is 846. The summed E-state index contributed by atoms with van der Waals surface area (Å²) in [5.74, 6) is 1.49. The van der Waals surface area contributed by atoms with Crippen LogP contribution in [0.15, 0.2) is 53.7 Å². The highest BCUT2D eigenvalue weighted by molar-refractivity contribution is 7.99. The molecule has 0 aliphatic heterocycles. The second kappa shape index (κ2) is 7.40. The number of rotatable bonds is 6. The number of aryl methyl sites for hydroxylation is 1. The fourth-order valence-electron chi connectivity index (χ4n) is 2.52. The van der Waals surface area contributed by atoms with Gasteiger partial charge in [0.25, 0.3) is 5.91 Å². The summed E-state index contributed by atoms with van der Waals surface area (Å²) >= 11 is 1.62. The van der Waals surface area contributed by atoms with Crippen LogP contribution in [0.3, 0.4) is 0 Å². The number of amides is 1. The number of nitrogens with zero attached hydrogens (tertiary/aromatic N) is 2. The number of carbonyl (C=O) groups is 1. The molecule has 0 unspecified atom stereocenters. The Kier molecular flexibility index (Phi) is 5.05. The number of methoxy groups -OCH3 is 1. The molecule has 0 spiro atoms. The van der Waals surface area contributed by atoms with Gasteiger partial charge in [0.2, 0.25) is 0 Å². The van der Waals surface area contributed by atoms with Gasteiger partial charge in [-0.1, -0.05) is 6.07 Å². The third-order valence-corrected chi connectivity index (χ3v) is 4.70. The molecule has 0 atom stereocenters. The Morgan fingerprint density at radius 1 is 1.29 bits per heavy atom. The third-order valence-electron chi connectivity index (χ3n) is 3.76. The predicted molar refractivity (Wildman–Crippen MR) is 96.8 cm³/mol. The van der Waals surface area contributed by atoms with E-state index in [2.05, 4.69) is 10.3 Å². The number of benzene rings is 1. The molecule has 0 saturated heterocycles. The molecule has 0 aliphatic rings. The molecule has 124 valence electrons. The van der Waals surface area contributed by atoms with Crippen LogP contribution in [0.5, 0.6) is 5.75 Å². The third kappa shape index (κ3) is 3.54. The Balaban J connectivity index is 1.62. The van der Waals surface area contributed by atoms with Crippen LogP contribution in [0, 0.1) is 0 Å². The second-order valence-electron chi connectivity index (χ2n) is 5.29. The summed E-state index contributed by atoms with van der Waals surface area (Å²) in [5.41, 5.74) is 1.64. The molecule has 6 heteroatoms. The van der Waals surface area contributed by atoms with E-state index in [4.69, 9.17) is 4.74 Å². The fourth-order valence-corrected chi connectivity index (χ4v) is 3.24. The monoisotopic (exact) mass is 341 g/mol. The number of fused-ring (bicyclic) bond motifs is 1. The van der Waals surface area contributed by atoms with Crippen LogP contribution in [0.2, 0.25) is 0 Å². The first-order valence-electron chi connectivity index (χ1n) is 7.64. The minimum absolute atomic E-state index is 0.0747. The summed E-state index contributed by atoms with van der Waals surface area (Å²) in [5, 5.41) is 4.91. The minimum atomic E-state index is -0.0747. The molecule has 3 aromatic rings. The first kappa shape index (κ1) is 16.4. The summed E-state index contributed by atoms with van der Waals surface area (Å²) < 4.78 is 7.13. The number of carbonyl (C=O) groups excluding carboxylic acids is 1. The molecule has 1 aromatic carbocycles. The number of aromatic nitrogens is 2. The Labute approximate surface area is 145 Å². The maximum absolute atomic E-state index is 12.4. The van der Waals surface area contributed by atoms with Crippen LogP contribution in [-0.4, -0.2) is 34.9 Å². The predicted octanol–water partition coefficient (Wildman–Crippen LogP) is 3.10. The van der Waals surface area contributed by atoms with Crippen LogP contribution in [0.4, 0.5) is 0 Å². The maximum Gasteiger partial charge on any atom is 0.267 e. The van der Waals surface area contributed by atoms with E-state index in [0.29, 0.717) is 12.2 Å². The van der Waals surface area contributed by atoms with Gasteiger partial charge in [0.05, 0.1) is 12.1 Å². The quantitative estimate of drug-likeness (QED) is 0.553. The molecular weight excluding hydrogens is 322 g/mol. The van der Waals surface area contributed by atoms with Gasteiger partial charge in [0.15, 0.2) is 0 Å². The lowest BCUT2D eigenvalue weighted by Crippen LogP contribution is -2.27. The van der Waals surface area contributed by atoms with Crippen molar-refractivity contribution in [2.75, 3.05) is 19.4 Å². The highest BCUT2D eigenvalue weighted by Gasteiger charge is 2.13. The number of nitrogens with one attached hydrogen (secondary N) is 1. The molecule has 0 saturated carbocycles. The van der Waals surface area contributed by atoms with Crippen molar-refractivity contribution in [2.45, 2.75) is 5.03 Å². The van der Waals surface area contributed by atoms with Crippen molar-refractivity contribution in [3.8, 4) is 5.75 Å². The lowest BCUT2D eigenvalue weighted by molar-refractivity contribution is 0.0948. The number of ether oxygens (including phenoxy) is 1. The summed E-state index contributed by atoms with van der Waals surface area (Å²) in [4.78, 5) is 16.7. The van der Waals surface area contributed by atoms with Crippen LogP contribution < -0.4 is 10.1 Å². The normalized spacial score (nSPS) is 10.8. The fraction of sp³-hybridized carbons (Fsp3) is 0.222. The molecule has 0 fully saturated rings. The molecule has 0 radical (unpaired) electrons. The lowest BCUT2D eigenvalue weighted by Gasteiger charge is -2.06. The van der Waals surface area contributed by atoms with Crippen LogP contribution in [0.25, 0.3) is 10.9 Å². The number of pyridine rings is 1. The zero-order chi connectivity index (χ0) is 16.9. The van der Waals surface area contributed by atoms with Gasteiger partial charge in [-0.2, -0.15) is 0 Å². The van der Waals surface area contributed by atoms with Gasteiger partial charge in [-0.25, -0.2) is 4.98 Å². The first-order valence-corrected chi connectivity index (χ1v) is 8.63. The molecule has 2 aromatic heterocycles. The zero-order valence-corrected chi connectivity index (χ0v) is 14.5. The van der Waals surface area contributed by atoms with Crippen molar-refractivity contribution in [3.05, 3.63) is 54.4 Å². The number of thioether (sulfide) groups is 1. The van der Waals surface area contributed by atoms with E-state index in [1.165, 1.54) is 0 Å². The Morgan fingerprint density at radius 3 is 2.92 bits per heavy atom. The van der Waals surface area contributed by atoms with E-state index in [1.54, 1.807) is 25.1 Å². The molecule has 2 heterocycles. The number of hydrogen-bond donors (Lipinski definition) is 1. The summed E-state index contributed by atoms with van der Waals surface area (Å²) in [6, 6.07) is 13.5. The van der Waals surface area contributed by atoms with E-state index in [0.717, 1.165) is 27.4 Å². The number of hydrogen-bond acceptors (Lipinski definition) is 4. The van der Waals surface area contributed by atoms with Crippen molar-refractivity contribution in [2.24, 2.45) is 7.05 Å². The van der Waals surface area contributed by atoms with Gasteiger partial charge in [0, 0.05) is 36.4 Å². The van der Waals surface area contributed by atoms with Crippen molar-refractivity contribution in [3.63, 3.8) is 0 Å². The minimum Gasteiger partial charge on any atom is -0.497 e. The van der Waals surface area contributed by atoms with E-state index >= 15 is 0 Å². The highest BCUT2D eigenvalue weighted by atomic mass is 32.2. The van der Waals surface area contributed by atoms with E-state index < -0.39 is 0 Å². The molecule has 0 aliphatic carbocycles. The molecule has 5 nitrogen and oxygen atoms in total. The van der Waals surface area contributed by atoms with Gasteiger partial charge in [-0.3, -0.25) is 4.79 Å². The highest BCUT2D eigenvalue weighted by Crippen LogP contribution is 2.23. The van der Waals surface area contributed by atoms with Gasteiger partial charge in [-0.05, 0) is 36.4 Å². The van der Waals surface area contributed by atoms with Crippen molar-refractivity contribution in [1.29, 1.82) is 0 Å². The van der Waals surface area contributed by atoms with Crippen LogP contribution in [-0.2, 0) is 7.05 Å². The molecular formula is C18H19N3O2S. The first-order chi connectivity index (χ1) is 11.7. The molecule has 0 bridgehead atoms. The molecule has 1 N–H and O–H groups in total. The van der Waals surface area contributed by atoms with Crippen molar-refractivity contribution >= 4 is 28.6 Å². The summed E-state index contributed by atoms with van der Waals surface area (Å²) in [6.45, 7) is 0.588. The van der Waals surface area contributed by atoms with Gasteiger partial charge in [-0.15, -0.1) is 11.8 Å². The average Bonchev–Trinajstić information content (AvgIpc) is 2.95. The lowest BCUT2D eigenvalue weighted by atomic mass is 10.2.